The summed E-state index contributed by atoms with van der Waals surface area (Å²) in [5, 5.41) is 0. The smallest absolute Gasteiger partial charge is 0.227 e. The number of benzene rings is 1. The molecule has 136 valence electrons. The first kappa shape index (κ1) is 17.9. The van der Waals surface area contributed by atoms with Crippen LogP contribution in [0, 0.1) is 5.92 Å². The maximum atomic E-state index is 12.8. The summed E-state index contributed by atoms with van der Waals surface area (Å²) in [6.07, 6.45) is 3.14. The van der Waals surface area contributed by atoms with Gasteiger partial charge in [-0.3, -0.25) is 9.59 Å². The molecule has 0 saturated carbocycles. The topological polar surface area (TPSA) is 43.9 Å². The van der Waals surface area contributed by atoms with Crippen molar-refractivity contribution in [3.8, 4) is 0 Å². The average molecular weight is 343 g/mol. The van der Waals surface area contributed by atoms with E-state index >= 15 is 0 Å². The highest BCUT2D eigenvalue weighted by Gasteiger charge is 2.33. The van der Waals surface area contributed by atoms with Gasteiger partial charge in [-0.25, -0.2) is 0 Å². The van der Waals surface area contributed by atoms with Crippen LogP contribution in [0.1, 0.15) is 24.8 Å². The van der Waals surface area contributed by atoms with E-state index in [1.54, 1.807) is 0 Å². The van der Waals surface area contributed by atoms with E-state index in [0.29, 0.717) is 19.4 Å². The van der Waals surface area contributed by atoms with Gasteiger partial charge >= 0.3 is 0 Å². The van der Waals surface area contributed by atoms with Crippen molar-refractivity contribution in [1.29, 1.82) is 0 Å². The number of likely N-dealkylation sites (tertiary alicyclic amines) is 1. The molecule has 0 aliphatic carbocycles. The SMILES string of the molecule is CN1CCN(C(=O)[C@@H]2CCC(=O)N(CCCc3ccccc3)C2)CC1. The van der Waals surface area contributed by atoms with Crippen LogP contribution >= 0.6 is 0 Å². The number of likely N-dealkylation sites (N-methyl/N-ethyl adjacent to an activating group) is 1. The lowest BCUT2D eigenvalue weighted by Crippen LogP contribution is -2.52. The van der Waals surface area contributed by atoms with Gasteiger partial charge in [-0.2, -0.15) is 0 Å². The lowest BCUT2D eigenvalue weighted by molar-refractivity contribution is -0.144. The molecule has 2 fully saturated rings. The lowest BCUT2D eigenvalue weighted by Gasteiger charge is -2.38. The van der Waals surface area contributed by atoms with Gasteiger partial charge in [0.1, 0.15) is 0 Å². The van der Waals surface area contributed by atoms with E-state index in [0.717, 1.165) is 45.6 Å². The number of piperazine rings is 1. The number of hydrogen-bond donors (Lipinski definition) is 0. The lowest BCUT2D eigenvalue weighted by atomic mass is 9.95. The molecule has 2 heterocycles. The second-order valence-corrected chi connectivity index (χ2v) is 7.29. The molecule has 2 saturated heterocycles. The Morgan fingerprint density at radius 2 is 1.84 bits per heavy atom. The molecule has 0 unspecified atom stereocenters. The fourth-order valence-corrected chi connectivity index (χ4v) is 3.74. The van der Waals surface area contributed by atoms with Gasteiger partial charge in [0.15, 0.2) is 0 Å². The highest BCUT2D eigenvalue weighted by molar-refractivity contribution is 5.84. The van der Waals surface area contributed by atoms with Crippen LogP contribution in [-0.4, -0.2) is 72.8 Å². The van der Waals surface area contributed by atoms with Crippen LogP contribution in [0.4, 0.5) is 0 Å². The largest absolute Gasteiger partial charge is 0.342 e. The van der Waals surface area contributed by atoms with Crippen LogP contribution in [0.5, 0.6) is 0 Å². The van der Waals surface area contributed by atoms with Gasteiger partial charge in [-0.15, -0.1) is 0 Å². The van der Waals surface area contributed by atoms with Crippen LogP contribution in [0.2, 0.25) is 0 Å². The monoisotopic (exact) mass is 343 g/mol. The van der Waals surface area contributed by atoms with Gasteiger partial charge in [-0.05, 0) is 31.9 Å². The van der Waals surface area contributed by atoms with E-state index in [2.05, 4.69) is 24.1 Å². The van der Waals surface area contributed by atoms with Crippen LogP contribution in [0.3, 0.4) is 0 Å². The van der Waals surface area contributed by atoms with Crippen molar-refractivity contribution < 1.29 is 9.59 Å². The van der Waals surface area contributed by atoms with Crippen molar-refractivity contribution in [2.24, 2.45) is 5.92 Å². The Balaban J connectivity index is 1.49. The summed E-state index contributed by atoms with van der Waals surface area (Å²) in [4.78, 5) is 31.1. The Labute approximate surface area is 150 Å². The number of rotatable bonds is 5. The van der Waals surface area contributed by atoms with Gasteiger partial charge in [0.2, 0.25) is 11.8 Å². The number of piperidine rings is 1. The van der Waals surface area contributed by atoms with E-state index in [4.69, 9.17) is 0 Å². The minimum atomic E-state index is -0.0159. The predicted molar refractivity (Wildman–Crippen MR) is 98.1 cm³/mol. The summed E-state index contributed by atoms with van der Waals surface area (Å²) in [6, 6.07) is 10.4. The van der Waals surface area contributed by atoms with Gasteiger partial charge in [0, 0.05) is 45.7 Å². The normalized spacial score (nSPS) is 22.3. The van der Waals surface area contributed by atoms with E-state index in [-0.39, 0.29) is 17.7 Å². The van der Waals surface area contributed by atoms with Crippen molar-refractivity contribution in [3.05, 3.63) is 35.9 Å². The molecule has 0 bridgehead atoms. The molecular formula is C20H29N3O2. The molecule has 0 N–H and O–H groups in total. The number of carbonyl (C=O) groups excluding carboxylic acids is 2. The molecule has 2 amide bonds. The molecule has 2 aliphatic rings. The highest BCUT2D eigenvalue weighted by atomic mass is 16.2. The first-order valence-electron chi connectivity index (χ1n) is 9.42. The summed E-state index contributed by atoms with van der Waals surface area (Å²) < 4.78 is 0. The van der Waals surface area contributed by atoms with Crippen LogP contribution in [-0.2, 0) is 16.0 Å². The van der Waals surface area contributed by atoms with E-state index < -0.39 is 0 Å². The third-order valence-corrected chi connectivity index (χ3v) is 5.40. The first-order valence-corrected chi connectivity index (χ1v) is 9.42. The minimum Gasteiger partial charge on any atom is -0.342 e. The Morgan fingerprint density at radius 3 is 2.56 bits per heavy atom. The quantitative estimate of drug-likeness (QED) is 0.816. The molecular weight excluding hydrogens is 314 g/mol. The predicted octanol–water partition coefficient (Wildman–Crippen LogP) is 1.63. The average Bonchev–Trinajstić information content (AvgIpc) is 2.64. The first-order chi connectivity index (χ1) is 12.1. The molecule has 25 heavy (non-hydrogen) atoms. The third-order valence-electron chi connectivity index (χ3n) is 5.40. The summed E-state index contributed by atoms with van der Waals surface area (Å²) in [7, 11) is 2.09. The van der Waals surface area contributed by atoms with E-state index in [1.807, 2.05) is 28.0 Å². The maximum absolute atomic E-state index is 12.8. The molecule has 5 heteroatoms. The second kappa shape index (κ2) is 8.48. The van der Waals surface area contributed by atoms with Crippen molar-refractivity contribution >= 4 is 11.8 Å². The number of nitrogens with zero attached hydrogens (tertiary/aromatic N) is 3. The van der Waals surface area contributed by atoms with Crippen LogP contribution < -0.4 is 0 Å². The number of amides is 2. The standard InChI is InChI=1S/C20H29N3O2/c1-21-12-14-22(15-13-21)20(25)18-9-10-19(24)23(16-18)11-5-8-17-6-3-2-4-7-17/h2-4,6-7,18H,5,8-16H2,1H3/t18-/m1/s1. The van der Waals surface area contributed by atoms with Crippen LogP contribution in [0.25, 0.3) is 0 Å². The molecule has 1 atom stereocenters. The Bertz CT molecular complexity index is 582. The molecule has 0 spiro atoms. The number of aryl methyl sites for hydroxylation is 1. The Kier molecular flexibility index (Phi) is 6.08. The summed E-state index contributed by atoms with van der Waals surface area (Å²) >= 11 is 0. The maximum Gasteiger partial charge on any atom is 0.227 e. The fraction of sp³-hybridized carbons (Fsp3) is 0.600. The molecule has 3 rings (SSSR count). The summed E-state index contributed by atoms with van der Waals surface area (Å²) in [5.74, 6) is 0.432. The summed E-state index contributed by atoms with van der Waals surface area (Å²) in [5.41, 5.74) is 1.30. The number of hydrogen-bond acceptors (Lipinski definition) is 3. The molecule has 0 aromatic heterocycles. The van der Waals surface area contributed by atoms with Gasteiger partial charge < -0.3 is 14.7 Å². The fourth-order valence-electron chi connectivity index (χ4n) is 3.74. The Morgan fingerprint density at radius 1 is 1.12 bits per heavy atom. The zero-order chi connectivity index (χ0) is 17.6. The zero-order valence-electron chi connectivity index (χ0n) is 15.2. The molecule has 5 nitrogen and oxygen atoms in total. The minimum absolute atomic E-state index is 0.0159. The summed E-state index contributed by atoms with van der Waals surface area (Å²) in [6.45, 7) is 4.86. The van der Waals surface area contributed by atoms with Crippen molar-refractivity contribution in [2.75, 3.05) is 46.3 Å². The van der Waals surface area contributed by atoms with Crippen molar-refractivity contribution in [1.82, 2.24) is 14.7 Å². The molecule has 0 radical (unpaired) electrons. The second-order valence-electron chi connectivity index (χ2n) is 7.29. The highest BCUT2D eigenvalue weighted by Crippen LogP contribution is 2.21. The molecule has 2 aliphatic heterocycles. The molecule has 1 aromatic rings. The Hall–Kier alpha value is -1.88. The van der Waals surface area contributed by atoms with Gasteiger partial charge in [0.05, 0.1) is 5.92 Å². The van der Waals surface area contributed by atoms with Gasteiger partial charge in [-0.1, -0.05) is 30.3 Å². The third kappa shape index (κ3) is 4.82. The van der Waals surface area contributed by atoms with Gasteiger partial charge in [0.25, 0.3) is 0 Å². The van der Waals surface area contributed by atoms with Crippen LogP contribution in [0.15, 0.2) is 30.3 Å². The zero-order valence-corrected chi connectivity index (χ0v) is 15.2. The van der Waals surface area contributed by atoms with E-state index in [9.17, 15) is 9.59 Å². The molecule has 1 aromatic carbocycles. The van der Waals surface area contributed by atoms with Crippen molar-refractivity contribution in [2.45, 2.75) is 25.7 Å². The van der Waals surface area contributed by atoms with Crippen molar-refractivity contribution in [3.63, 3.8) is 0 Å². The number of carbonyl (C=O) groups is 2. The van der Waals surface area contributed by atoms with E-state index in [1.165, 1.54) is 5.56 Å².